The van der Waals surface area contributed by atoms with Crippen LogP contribution in [0.4, 0.5) is 5.82 Å². The third-order valence-electron chi connectivity index (χ3n) is 4.20. The summed E-state index contributed by atoms with van der Waals surface area (Å²) < 4.78 is 2.06. The monoisotopic (exact) mass is 278 g/mol. The van der Waals surface area contributed by atoms with Crippen LogP contribution in [-0.4, -0.2) is 28.9 Å². The van der Waals surface area contributed by atoms with Crippen LogP contribution in [0.15, 0.2) is 0 Å². The first-order valence-corrected chi connectivity index (χ1v) is 7.81. The molecule has 1 aromatic rings. The molecule has 4 nitrogen and oxygen atoms in total. The zero-order valence-corrected chi connectivity index (χ0v) is 14.0. The molecule has 1 aliphatic rings. The van der Waals surface area contributed by atoms with Gasteiger partial charge in [0.1, 0.15) is 5.82 Å². The van der Waals surface area contributed by atoms with Gasteiger partial charge in [0.25, 0.3) is 0 Å². The molecule has 4 heteroatoms. The zero-order chi connectivity index (χ0) is 14.9. The van der Waals surface area contributed by atoms with Gasteiger partial charge in [-0.1, -0.05) is 27.7 Å². The van der Waals surface area contributed by atoms with Crippen LogP contribution in [0.25, 0.3) is 0 Å². The van der Waals surface area contributed by atoms with E-state index in [9.17, 15) is 0 Å². The number of hydrogen-bond donors (Lipinski definition) is 1. The van der Waals surface area contributed by atoms with Gasteiger partial charge in [0.05, 0.1) is 5.69 Å². The predicted molar refractivity (Wildman–Crippen MR) is 85.1 cm³/mol. The number of nitrogens with zero attached hydrogens (tertiary/aromatic N) is 3. The molecular weight excluding hydrogens is 248 g/mol. The van der Waals surface area contributed by atoms with Gasteiger partial charge in [-0.25, -0.2) is 0 Å². The number of anilines is 1. The topological polar surface area (TPSA) is 33.1 Å². The molecular formula is C16H30N4. The molecule has 20 heavy (non-hydrogen) atoms. The molecule has 1 saturated heterocycles. The van der Waals surface area contributed by atoms with Crippen molar-refractivity contribution in [3.63, 3.8) is 0 Å². The van der Waals surface area contributed by atoms with Gasteiger partial charge in [-0.05, 0) is 25.2 Å². The summed E-state index contributed by atoms with van der Waals surface area (Å²) in [6.07, 6.45) is 2.59. The molecule has 0 aliphatic carbocycles. The molecule has 0 saturated carbocycles. The molecule has 0 spiro atoms. The smallest absolute Gasteiger partial charge is 0.131 e. The minimum atomic E-state index is 0.402. The van der Waals surface area contributed by atoms with Crippen LogP contribution in [-0.2, 0) is 13.6 Å². The van der Waals surface area contributed by atoms with Crippen LogP contribution in [0.3, 0.4) is 0 Å². The Morgan fingerprint density at radius 2 is 2.05 bits per heavy atom. The first-order valence-electron chi connectivity index (χ1n) is 7.81. The van der Waals surface area contributed by atoms with Crippen LogP contribution >= 0.6 is 0 Å². The van der Waals surface area contributed by atoms with Gasteiger partial charge in [-0.15, -0.1) is 0 Å². The second-order valence-electron chi connectivity index (χ2n) is 7.24. The van der Waals surface area contributed by atoms with Crippen LogP contribution in [0, 0.1) is 12.3 Å². The molecule has 0 radical (unpaired) electrons. The standard InChI is InChI=1S/C16H30N4/c1-12(2)17-10-14-13(3)18-19(6)15(14)20-9-7-8-16(4,5)11-20/h12,17H,7-11H2,1-6H3. The molecule has 0 aromatic carbocycles. The highest BCUT2D eigenvalue weighted by Gasteiger charge is 2.29. The van der Waals surface area contributed by atoms with Crippen molar-refractivity contribution in [3.8, 4) is 0 Å². The van der Waals surface area contributed by atoms with Gasteiger partial charge >= 0.3 is 0 Å². The maximum atomic E-state index is 4.65. The summed E-state index contributed by atoms with van der Waals surface area (Å²) in [5.74, 6) is 1.31. The van der Waals surface area contributed by atoms with Crippen molar-refractivity contribution < 1.29 is 0 Å². The second-order valence-corrected chi connectivity index (χ2v) is 7.24. The Hall–Kier alpha value is -1.03. The number of piperidine rings is 1. The van der Waals surface area contributed by atoms with Crippen LogP contribution in [0.2, 0.25) is 0 Å². The summed E-state index contributed by atoms with van der Waals surface area (Å²) in [7, 11) is 2.07. The fourth-order valence-corrected chi connectivity index (χ4v) is 3.20. The highest BCUT2D eigenvalue weighted by atomic mass is 15.4. The quantitative estimate of drug-likeness (QED) is 0.919. The minimum absolute atomic E-state index is 0.402. The van der Waals surface area contributed by atoms with E-state index in [0.717, 1.165) is 25.3 Å². The van der Waals surface area contributed by atoms with E-state index in [1.165, 1.54) is 24.2 Å². The summed E-state index contributed by atoms with van der Waals surface area (Å²) in [5, 5.41) is 8.18. The molecule has 1 aromatic heterocycles. The van der Waals surface area contributed by atoms with E-state index in [0.29, 0.717) is 11.5 Å². The van der Waals surface area contributed by atoms with E-state index in [2.05, 4.69) is 61.7 Å². The first-order chi connectivity index (χ1) is 9.30. The molecule has 0 unspecified atom stereocenters. The van der Waals surface area contributed by atoms with Gasteiger partial charge < -0.3 is 10.2 Å². The zero-order valence-electron chi connectivity index (χ0n) is 14.0. The Kier molecular flexibility index (Phi) is 4.43. The Bertz CT molecular complexity index is 459. The second kappa shape index (κ2) is 5.76. The summed E-state index contributed by atoms with van der Waals surface area (Å²) in [5.41, 5.74) is 2.91. The van der Waals surface area contributed by atoms with E-state index >= 15 is 0 Å². The average Bonchev–Trinajstić information content (AvgIpc) is 2.59. The lowest BCUT2D eigenvalue weighted by atomic mass is 9.84. The maximum Gasteiger partial charge on any atom is 0.131 e. The van der Waals surface area contributed by atoms with Gasteiger partial charge in [-0.2, -0.15) is 5.10 Å². The van der Waals surface area contributed by atoms with E-state index in [1.807, 2.05) is 0 Å². The molecule has 1 aliphatic heterocycles. The number of aromatic nitrogens is 2. The molecule has 114 valence electrons. The van der Waals surface area contributed by atoms with E-state index < -0.39 is 0 Å². The van der Waals surface area contributed by atoms with Crippen molar-refractivity contribution in [1.29, 1.82) is 0 Å². The Balaban J connectivity index is 2.25. The predicted octanol–water partition coefficient (Wildman–Crippen LogP) is 2.85. The number of aryl methyl sites for hydroxylation is 2. The van der Waals surface area contributed by atoms with Gasteiger partial charge in [-0.3, -0.25) is 4.68 Å². The summed E-state index contributed by atoms with van der Waals surface area (Å²) in [4.78, 5) is 2.53. The fraction of sp³-hybridized carbons (Fsp3) is 0.812. The van der Waals surface area contributed by atoms with E-state index in [4.69, 9.17) is 0 Å². The van der Waals surface area contributed by atoms with Crippen molar-refractivity contribution >= 4 is 5.82 Å². The number of nitrogens with one attached hydrogen (secondary N) is 1. The lowest BCUT2D eigenvalue weighted by Gasteiger charge is -2.39. The molecule has 2 rings (SSSR count). The van der Waals surface area contributed by atoms with Gasteiger partial charge in [0.2, 0.25) is 0 Å². The summed E-state index contributed by atoms with van der Waals surface area (Å²) in [6.45, 7) is 14.4. The van der Waals surface area contributed by atoms with Crippen LogP contribution < -0.4 is 10.2 Å². The molecule has 2 heterocycles. The molecule has 0 bridgehead atoms. The third-order valence-corrected chi connectivity index (χ3v) is 4.20. The Labute approximate surface area is 123 Å². The SMILES string of the molecule is Cc1nn(C)c(N2CCCC(C)(C)C2)c1CNC(C)C. The van der Waals surface area contributed by atoms with Crippen molar-refractivity contribution in [1.82, 2.24) is 15.1 Å². The molecule has 0 amide bonds. The fourth-order valence-electron chi connectivity index (χ4n) is 3.20. The summed E-state index contributed by atoms with van der Waals surface area (Å²) in [6, 6.07) is 0.500. The largest absolute Gasteiger partial charge is 0.356 e. The van der Waals surface area contributed by atoms with E-state index in [-0.39, 0.29) is 0 Å². The number of rotatable bonds is 4. The molecule has 1 fully saturated rings. The van der Waals surface area contributed by atoms with E-state index in [1.54, 1.807) is 0 Å². The van der Waals surface area contributed by atoms with Crippen molar-refractivity contribution in [2.75, 3.05) is 18.0 Å². The Morgan fingerprint density at radius 1 is 1.35 bits per heavy atom. The normalized spacial score (nSPS) is 18.9. The van der Waals surface area contributed by atoms with Crippen molar-refractivity contribution in [2.24, 2.45) is 12.5 Å². The Morgan fingerprint density at radius 3 is 2.65 bits per heavy atom. The lowest BCUT2D eigenvalue weighted by molar-refractivity contribution is 0.290. The molecule has 1 N–H and O–H groups in total. The highest BCUT2D eigenvalue weighted by Crippen LogP contribution is 2.33. The van der Waals surface area contributed by atoms with Gasteiger partial charge in [0, 0.05) is 38.3 Å². The number of hydrogen-bond acceptors (Lipinski definition) is 3. The van der Waals surface area contributed by atoms with Gasteiger partial charge in [0.15, 0.2) is 0 Å². The highest BCUT2D eigenvalue weighted by molar-refractivity contribution is 5.50. The summed E-state index contributed by atoms with van der Waals surface area (Å²) >= 11 is 0. The van der Waals surface area contributed by atoms with Crippen LogP contribution in [0.1, 0.15) is 51.8 Å². The first kappa shape index (κ1) is 15.4. The van der Waals surface area contributed by atoms with Crippen molar-refractivity contribution in [2.45, 2.75) is 60.0 Å². The minimum Gasteiger partial charge on any atom is -0.356 e. The maximum absolute atomic E-state index is 4.65. The third kappa shape index (κ3) is 3.35. The average molecular weight is 278 g/mol. The van der Waals surface area contributed by atoms with Crippen LogP contribution in [0.5, 0.6) is 0 Å². The lowest BCUT2D eigenvalue weighted by Crippen LogP contribution is -2.41. The van der Waals surface area contributed by atoms with Crippen molar-refractivity contribution in [3.05, 3.63) is 11.3 Å². The molecule has 0 atom stereocenters.